The van der Waals surface area contributed by atoms with E-state index in [9.17, 15) is 13.5 Å². The van der Waals surface area contributed by atoms with Gasteiger partial charge in [0.15, 0.2) is 0 Å². The molecule has 6 nitrogen and oxygen atoms in total. The molecule has 8 heteroatoms. The number of hydrogen-bond acceptors (Lipinski definition) is 6. The highest BCUT2D eigenvalue weighted by molar-refractivity contribution is 7.90. The van der Waals surface area contributed by atoms with E-state index in [4.69, 9.17) is 5.73 Å². The van der Waals surface area contributed by atoms with Gasteiger partial charge in [-0.05, 0) is 55.2 Å². The second kappa shape index (κ2) is 7.02. The minimum atomic E-state index is -3.85. The number of fused-ring (bicyclic) bond motifs is 3. The van der Waals surface area contributed by atoms with E-state index >= 15 is 0 Å². The first-order valence-corrected chi connectivity index (χ1v) is 12.0. The number of aliphatic hydroxyl groups excluding tert-OH is 1. The van der Waals surface area contributed by atoms with Crippen molar-refractivity contribution >= 4 is 32.3 Å². The first-order valence-electron chi connectivity index (χ1n) is 9.75. The van der Waals surface area contributed by atoms with E-state index in [-0.39, 0.29) is 10.9 Å². The summed E-state index contributed by atoms with van der Waals surface area (Å²) in [6.07, 6.45) is 2.60. The van der Waals surface area contributed by atoms with E-state index in [0.29, 0.717) is 21.1 Å². The fraction of sp³-hybridized carbons (Fsp3) is 0.227. The van der Waals surface area contributed by atoms with Gasteiger partial charge in [-0.15, -0.1) is 11.3 Å². The van der Waals surface area contributed by atoms with E-state index in [1.54, 1.807) is 43.5 Å². The highest BCUT2D eigenvalue weighted by Gasteiger charge is 2.29. The molecule has 0 unspecified atom stereocenters. The highest BCUT2D eigenvalue weighted by atomic mass is 32.2. The molecule has 3 N–H and O–H groups in total. The molecule has 1 aliphatic rings. The zero-order valence-corrected chi connectivity index (χ0v) is 18.0. The molecule has 2 heterocycles. The van der Waals surface area contributed by atoms with Crippen LogP contribution in [0.3, 0.4) is 0 Å². The monoisotopic (exact) mass is 439 g/mol. The van der Waals surface area contributed by atoms with Gasteiger partial charge in [-0.25, -0.2) is 17.4 Å². The van der Waals surface area contributed by atoms with Crippen LogP contribution in [-0.4, -0.2) is 22.5 Å². The van der Waals surface area contributed by atoms with Gasteiger partial charge in [-0.2, -0.15) is 0 Å². The van der Waals surface area contributed by atoms with E-state index in [2.05, 4.69) is 4.98 Å². The number of aryl methyl sites for hydroxylation is 1. The zero-order chi connectivity index (χ0) is 21.0. The summed E-state index contributed by atoms with van der Waals surface area (Å²) in [7, 11) is -3.85. The maximum absolute atomic E-state index is 13.7. The maximum Gasteiger partial charge on any atom is 0.268 e. The molecule has 0 saturated heterocycles. The van der Waals surface area contributed by atoms with E-state index in [1.165, 1.54) is 15.3 Å². The van der Waals surface area contributed by atoms with Crippen molar-refractivity contribution in [2.45, 2.75) is 36.8 Å². The summed E-state index contributed by atoms with van der Waals surface area (Å²) in [5.74, 6) is 0. The Morgan fingerprint density at radius 2 is 2.00 bits per heavy atom. The lowest BCUT2D eigenvalue weighted by molar-refractivity contribution is 0.203. The molecule has 0 fully saturated rings. The van der Waals surface area contributed by atoms with Crippen LogP contribution in [0.4, 0.5) is 0 Å². The zero-order valence-electron chi connectivity index (χ0n) is 16.3. The Bertz CT molecular complexity index is 1360. The number of aliphatic hydroxyl groups is 1. The highest BCUT2D eigenvalue weighted by Crippen LogP contribution is 2.41. The van der Waals surface area contributed by atoms with Gasteiger partial charge in [0.2, 0.25) is 0 Å². The van der Waals surface area contributed by atoms with Crippen LogP contribution in [0.25, 0.3) is 21.6 Å². The first kappa shape index (κ1) is 19.4. The second-order valence-electron chi connectivity index (χ2n) is 7.57. The summed E-state index contributed by atoms with van der Waals surface area (Å²) in [5.41, 5.74) is 9.55. The van der Waals surface area contributed by atoms with Gasteiger partial charge in [0, 0.05) is 17.6 Å². The predicted octanol–water partition coefficient (Wildman–Crippen LogP) is 4.00. The average molecular weight is 440 g/mol. The number of rotatable bonds is 4. The number of hydrogen-bond donors (Lipinski definition) is 2. The Kier molecular flexibility index (Phi) is 4.55. The summed E-state index contributed by atoms with van der Waals surface area (Å²) in [4.78, 5) is 5.33. The molecule has 5 rings (SSSR count). The van der Waals surface area contributed by atoms with Crippen LogP contribution in [0.15, 0.2) is 59.6 Å². The van der Waals surface area contributed by atoms with Crippen LogP contribution in [0.1, 0.15) is 41.5 Å². The lowest BCUT2D eigenvalue weighted by Crippen LogP contribution is -2.14. The van der Waals surface area contributed by atoms with Crippen molar-refractivity contribution in [1.29, 1.82) is 0 Å². The average Bonchev–Trinajstić information content (AvgIpc) is 3.45. The molecule has 30 heavy (non-hydrogen) atoms. The van der Waals surface area contributed by atoms with Crippen LogP contribution < -0.4 is 5.73 Å². The van der Waals surface area contributed by atoms with Crippen LogP contribution >= 0.6 is 11.3 Å². The third-order valence-corrected chi connectivity index (χ3v) is 8.56. The van der Waals surface area contributed by atoms with E-state index in [0.717, 1.165) is 29.4 Å². The smallest absolute Gasteiger partial charge is 0.268 e. The molecule has 0 aliphatic heterocycles. The van der Waals surface area contributed by atoms with Crippen molar-refractivity contribution in [2.24, 2.45) is 5.73 Å². The largest absolute Gasteiger partial charge is 0.388 e. The number of benzene rings is 2. The Labute approximate surface area is 178 Å². The van der Waals surface area contributed by atoms with Gasteiger partial charge in [-0.1, -0.05) is 24.3 Å². The molecule has 4 aromatic rings. The first-order chi connectivity index (χ1) is 14.4. The van der Waals surface area contributed by atoms with Crippen molar-refractivity contribution in [3.8, 4) is 10.7 Å². The van der Waals surface area contributed by atoms with Gasteiger partial charge in [0.1, 0.15) is 5.01 Å². The lowest BCUT2D eigenvalue weighted by atomic mass is 10.0. The van der Waals surface area contributed by atoms with Gasteiger partial charge in [0.25, 0.3) is 10.0 Å². The van der Waals surface area contributed by atoms with Gasteiger partial charge in [-0.3, -0.25) is 0 Å². The molecule has 0 bridgehead atoms. The Balaban J connectivity index is 1.83. The molecule has 2 aromatic carbocycles. The quantitative estimate of drug-likeness (QED) is 0.501. The van der Waals surface area contributed by atoms with Crippen LogP contribution in [-0.2, 0) is 16.4 Å². The molecule has 0 spiro atoms. The standard InChI is InChI=1S/C22H21N3O3S2/c1-13(26)21-12-24-22(29-21)20-11-17-15-7-9-18(23)16(15)8-10-19(17)25(20)30(27,28)14-5-3-2-4-6-14/h2-6,8,10-13,18,26H,7,9,23H2,1H3/t13-,18-/m1/s1. The van der Waals surface area contributed by atoms with Crippen LogP contribution in [0.2, 0.25) is 0 Å². The minimum absolute atomic E-state index is 0.0244. The molecule has 2 atom stereocenters. The normalized spacial score (nSPS) is 17.4. The minimum Gasteiger partial charge on any atom is -0.388 e. The summed E-state index contributed by atoms with van der Waals surface area (Å²) in [6, 6.07) is 14.1. The van der Waals surface area contributed by atoms with Gasteiger partial charge >= 0.3 is 0 Å². The maximum atomic E-state index is 13.7. The molecule has 0 saturated carbocycles. The van der Waals surface area contributed by atoms with Gasteiger partial charge < -0.3 is 10.8 Å². The third kappa shape index (κ3) is 2.91. The second-order valence-corrected chi connectivity index (χ2v) is 10.4. The van der Waals surface area contributed by atoms with Crippen LogP contribution in [0.5, 0.6) is 0 Å². The lowest BCUT2D eigenvalue weighted by Gasteiger charge is -2.12. The van der Waals surface area contributed by atoms with Crippen LogP contribution in [0, 0.1) is 0 Å². The number of nitrogens with two attached hydrogens (primary N) is 1. The summed E-state index contributed by atoms with van der Waals surface area (Å²) in [5, 5.41) is 11.4. The van der Waals surface area contributed by atoms with Crippen molar-refractivity contribution in [3.05, 3.63) is 70.7 Å². The molecule has 2 aromatic heterocycles. The van der Waals surface area contributed by atoms with Crippen molar-refractivity contribution in [1.82, 2.24) is 8.96 Å². The van der Waals surface area contributed by atoms with Crippen molar-refractivity contribution < 1.29 is 13.5 Å². The molecule has 0 amide bonds. The third-order valence-electron chi connectivity index (χ3n) is 5.63. The van der Waals surface area contributed by atoms with E-state index < -0.39 is 16.1 Å². The number of nitrogens with zero attached hydrogens (tertiary/aromatic N) is 2. The molecule has 0 radical (unpaired) electrons. The molecule has 1 aliphatic carbocycles. The number of aromatic nitrogens is 2. The molecule has 154 valence electrons. The summed E-state index contributed by atoms with van der Waals surface area (Å²) < 4.78 is 28.7. The predicted molar refractivity (Wildman–Crippen MR) is 118 cm³/mol. The molecular weight excluding hydrogens is 418 g/mol. The number of thiazole rings is 1. The van der Waals surface area contributed by atoms with Gasteiger partial charge in [0.05, 0.1) is 27.1 Å². The Morgan fingerprint density at radius 1 is 1.23 bits per heavy atom. The van der Waals surface area contributed by atoms with Crippen molar-refractivity contribution in [2.75, 3.05) is 0 Å². The fourth-order valence-electron chi connectivity index (χ4n) is 4.12. The topological polar surface area (TPSA) is 98.2 Å². The fourth-order valence-corrected chi connectivity index (χ4v) is 6.56. The SMILES string of the molecule is C[C@@H](O)c1cnc(-c2cc3c4c(ccc3n2S(=O)(=O)c2ccccc2)[C@H](N)CC4)s1. The molecular formula is C22H21N3O3S2. The Hall–Kier alpha value is -2.52. The van der Waals surface area contributed by atoms with Crippen molar-refractivity contribution in [3.63, 3.8) is 0 Å². The van der Waals surface area contributed by atoms with E-state index in [1.807, 2.05) is 18.2 Å². The Morgan fingerprint density at radius 3 is 2.70 bits per heavy atom. The summed E-state index contributed by atoms with van der Waals surface area (Å²) >= 11 is 1.30. The summed E-state index contributed by atoms with van der Waals surface area (Å²) in [6.45, 7) is 1.67.